The van der Waals surface area contributed by atoms with E-state index in [1.807, 2.05) is 6.92 Å². The molecule has 3 N–H and O–H groups in total. The van der Waals surface area contributed by atoms with Crippen LogP contribution in [0.5, 0.6) is 0 Å². The summed E-state index contributed by atoms with van der Waals surface area (Å²) in [6.07, 6.45) is 4.16. The lowest BCUT2D eigenvalue weighted by molar-refractivity contribution is -0.125. The summed E-state index contributed by atoms with van der Waals surface area (Å²) in [5.41, 5.74) is 5.47. The fraction of sp³-hybridized carbons (Fsp3) is 0.600. The number of carbonyl (C=O) groups excluding carboxylic acids is 1. The lowest BCUT2D eigenvalue weighted by Gasteiger charge is -2.26. The van der Waals surface area contributed by atoms with E-state index in [9.17, 15) is 4.79 Å². The molecule has 0 spiro atoms. The summed E-state index contributed by atoms with van der Waals surface area (Å²) in [6.45, 7) is 1.90. The van der Waals surface area contributed by atoms with Crippen molar-refractivity contribution < 1.29 is 9.32 Å². The Labute approximate surface area is 88.0 Å². The molecule has 1 saturated carbocycles. The normalized spacial score (nSPS) is 30.4. The molecule has 5 nitrogen and oxygen atoms in total. The minimum atomic E-state index is -0.473. The first-order valence-corrected chi connectivity index (χ1v) is 5.10. The minimum Gasteiger partial charge on any atom is -0.363 e. The molecule has 2 rings (SSSR count). The van der Waals surface area contributed by atoms with E-state index < -0.39 is 5.41 Å². The molecule has 82 valence electrons. The third kappa shape index (κ3) is 1.74. The van der Waals surface area contributed by atoms with E-state index in [2.05, 4.69) is 15.0 Å². The van der Waals surface area contributed by atoms with E-state index in [-0.39, 0.29) is 11.9 Å². The van der Waals surface area contributed by atoms with Gasteiger partial charge in [0.2, 0.25) is 5.91 Å². The van der Waals surface area contributed by atoms with Gasteiger partial charge in [-0.05, 0) is 19.8 Å². The third-order valence-corrected chi connectivity index (χ3v) is 3.23. The first kappa shape index (κ1) is 10.2. The van der Waals surface area contributed by atoms with Crippen molar-refractivity contribution in [3.63, 3.8) is 0 Å². The zero-order valence-electron chi connectivity index (χ0n) is 8.69. The number of nitrogens with two attached hydrogens (primary N) is 1. The quantitative estimate of drug-likeness (QED) is 0.765. The van der Waals surface area contributed by atoms with Crippen LogP contribution in [0.3, 0.4) is 0 Å². The molecule has 1 heterocycles. The van der Waals surface area contributed by atoms with Crippen molar-refractivity contribution in [2.24, 2.45) is 11.1 Å². The van der Waals surface area contributed by atoms with Gasteiger partial charge in [-0.25, -0.2) is 0 Å². The fourth-order valence-electron chi connectivity index (χ4n) is 2.01. The largest absolute Gasteiger partial charge is 0.363 e. The van der Waals surface area contributed by atoms with Crippen LogP contribution in [-0.4, -0.2) is 17.1 Å². The van der Waals surface area contributed by atoms with Gasteiger partial charge in [0.05, 0.1) is 5.41 Å². The Bertz CT molecular complexity index is 350. The number of carbonyl (C=O) groups is 1. The van der Waals surface area contributed by atoms with Crippen molar-refractivity contribution in [1.29, 1.82) is 0 Å². The number of nitrogens with zero attached hydrogens (tertiary/aromatic N) is 1. The summed E-state index contributed by atoms with van der Waals surface area (Å²) in [7, 11) is 0. The Morgan fingerprint density at radius 3 is 3.13 bits per heavy atom. The van der Waals surface area contributed by atoms with Crippen LogP contribution in [0, 0.1) is 5.41 Å². The first-order valence-electron chi connectivity index (χ1n) is 5.10. The highest BCUT2D eigenvalue weighted by atomic mass is 16.5. The minimum absolute atomic E-state index is 0.0654. The highest BCUT2D eigenvalue weighted by molar-refractivity contribution is 5.95. The SMILES string of the molecule is CC1(C(=O)Nc2ccon2)CCCC1N. The molecular weight excluding hydrogens is 194 g/mol. The number of nitrogens with one attached hydrogen (secondary N) is 1. The topological polar surface area (TPSA) is 81.2 Å². The van der Waals surface area contributed by atoms with Crippen LogP contribution in [0.25, 0.3) is 0 Å². The molecule has 0 saturated heterocycles. The summed E-state index contributed by atoms with van der Waals surface area (Å²) in [4.78, 5) is 12.0. The fourth-order valence-corrected chi connectivity index (χ4v) is 2.01. The Morgan fingerprint density at radius 1 is 1.80 bits per heavy atom. The van der Waals surface area contributed by atoms with Crippen molar-refractivity contribution >= 4 is 11.7 Å². The van der Waals surface area contributed by atoms with Gasteiger partial charge in [-0.3, -0.25) is 4.79 Å². The molecule has 1 fully saturated rings. The Balaban J connectivity index is 2.07. The van der Waals surface area contributed by atoms with E-state index >= 15 is 0 Å². The average molecular weight is 209 g/mol. The molecule has 0 bridgehead atoms. The van der Waals surface area contributed by atoms with Gasteiger partial charge in [0, 0.05) is 12.1 Å². The summed E-state index contributed by atoms with van der Waals surface area (Å²) >= 11 is 0. The van der Waals surface area contributed by atoms with Crippen molar-refractivity contribution in [3.8, 4) is 0 Å². The molecule has 2 atom stereocenters. The van der Waals surface area contributed by atoms with Crippen LogP contribution in [0.2, 0.25) is 0 Å². The highest BCUT2D eigenvalue weighted by Gasteiger charge is 2.43. The van der Waals surface area contributed by atoms with Gasteiger partial charge in [-0.2, -0.15) is 0 Å². The van der Waals surface area contributed by atoms with E-state index in [4.69, 9.17) is 5.73 Å². The molecule has 2 unspecified atom stereocenters. The maximum Gasteiger partial charge on any atom is 0.233 e. The van der Waals surface area contributed by atoms with Crippen LogP contribution in [0.15, 0.2) is 16.9 Å². The van der Waals surface area contributed by atoms with Gasteiger partial charge in [0.15, 0.2) is 5.82 Å². The Hall–Kier alpha value is -1.36. The standard InChI is InChI=1S/C10H15N3O2/c1-10(5-2-3-7(10)11)9(14)12-8-4-6-15-13-8/h4,6-7H,2-3,5,11H2,1H3,(H,12,13,14). The molecule has 0 radical (unpaired) electrons. The van der Waals surface area contributed by atoms with Crippen molar-refractivity contribution in [2.75, 3.05) is 5.32 Å². The second kappa shape index (κ2) is 3.66. The number of anilines is 1. The monoisotopic (exact) mass is 209 g/mol. The van der Waals surface area contributed by atoms with E-state index in [1.165, 1.54) is 6.26 Å². The predicted octanol–water partition coefficient (Wildman–Crippen LogP) is 1.13. The maximum atomic E-state index is 12.0. The second-order valence-electron chi connectivity index (χ2n) is 4.25. The number of hydrogen-bond acceptors (Lipinski definition) is 4. The van der Waals surface area contributed by atoms with Crippen molar-refractivity contribution in [1.82, 2.24) is 5.16 Å². The molecule has 1 aromatic heterocycles. The molecule has 1 amide bonds. The number of amides is 1. The second-order valence-corrected chi connectivity index (χ2v) is 4.25. The van der Waals surface area contributed by atoms with Crippen LogP contribution in [-0.2, 0) is 4.79 Å². The number of rotatable bonds is 2. The van der Waals surface area contributed by atoms with Gasteiger partial charge in [-0.1, -0.05) is 11.6 Å². The van der Waals surface area contributed by atoms with Crippen molar-refractivity contribution in [2.45, 2.75) is 32.2 Å². The average Bonchev–Trinajstić information content (AvgIpc) is 2.79. The van der Waals surface area contributed by atoms with Crippen LogP contribution < -0.4 is 11.1 Å². The van der Waals surface area contributed by atoms with Crippen LogP contribution in [0.4, 0.5) is 5.82 Å². The number of aromatic nitrogens is 1. The van der Waals surface area contributed by atoms with Crippen LogP contribution in [0.1, 0.15) is 26.2 Å². The molecule has 0 aliphatic heterocycles. The van der Waals surface area contributed by atoms with E-state index in [0.717, 1.165) is 19.3 Å². The van der Waals surface area contributed by atoms with E-state index in [0.29, 0.717) is 5.82 Å². The summed E-state index contributed by atoms with van der Waals surface area (Å²) < 4.78 is 4.64. The van der Waals surface area contributed by atoms with Gasteiger partial charge in [0.1, 0.15) is 6.26 Å². The molecule has 1 aromatic rings. The van der Waals surface area contributed by atoms with Gasteiger partial charge in [-0.15, -0.1) is 0 Å². The van der Waals surface area contributed by atoms with Gasteiger partial charge < -0.3 is 15.6 Å². The van der Waals surface area contributed by atoms with Crippen molar-refractivity contribution in [3.05, 3.63) is 12.3 Å². The van der Waals surface area contributed by atoms with Crippen LogP contribution >= 0.6 is 0 Å². The molecule has 1 aliphatic carbocycles. The van der Waals surface area contributed by atoms with Gasteiger partial charge >= 0.3 is 0 Å². The first-order chi connectivity index (χ1) is 7.13. The van der Waals surface area contributed by atoms with Gasteiger partial charge in [0.25, 0.3) is 0 Å². The summed E-state index contributed by atoms with van der Waals surface area (Å²) in [5, 5.41) is 6.35. The summed E-state index contributed by atoms with van der Waals surface area (Å²) in [6, 6.07) is 1.55. The lowest BCUT2D eigenvalue weighted by atomic mass is 9.84. The zero-order chi connectivity index (χ0) is 10.9. The Morgan fingerprint density at radius 2 is 2.60 bits per heavy atom. The van der Waals surface area contributed by atoms with E-state index in [1.54, 1.807) is 6.07 Å². The molecule has 5 heteroatoms. The smallest absolute Gasteiger partial charge is 0.233 e. The molecule has 0 aromatic carbocycles. The molecular formula is C10H15N3O2. The molecule has 15 heavy (non-hydrogen) atoms. The molecule has 1 aliphatic rings. The highest BCUT2D eigenvalue weighted by Crippen LogP contribution is 2.37. The lowest BCUT2D eigenvalue weighted by Crippen LogP contribution is -2.44. The summed E-state index contributed by atoms with van der Waals surface area (Å²) in [5.74, 6) is 0.377. The third-order valence-electron chi connectivity index (χ3n) is 3.23. The maximum absolute atomic E-state index is 12.0. The Kier molecular flexibility index (Phi) is 2.48. The predicted molar refractivity (Wildman–Crippen MR) is 55.1 cm³/mol. The number of hydrogen-bond donors (Lipinski definition) is 2. The zero-order valence-corrected chi connectivity index (χ0v) is 8.69.